The molecule has 5 heteroatoms. The van der Waals surface area contributed by atoms with Gasteiger partial charge < -0.3 is 5.32 Å². The molecule has 0 aliphatic rings. The van der Waals surface area contributed by atoms with Gasteiger partial charge in [-0.3, -0.25) is 10.1 Å². The first kappa shape index (κ1) is 15.0. The van der Waals surface area contributed by atoms with Crippen LogP contribution in [-0.2, 0) is 6.54 Å². The van der Waals surface area contributed by atoms with Crippen molar-refractivity contribution in [2.75, 3.05) is 5.32 Å². The van der Waals surface area contributed by atoms with Gasteiger partial charge in [0.1, 0.15) is 0 Å². The van der Waals surface area contributed by atoms with Crippen LogP contribution in [0.3, 0.4) is 0 Å². The maximum absolute atomic E-state index is 13.2. The Kier molecular flexibility index (Phi) is 4.52. The molecule has 0 saturated carbocycles. The van der Waals surface area contributed by atoms with Crippen LogP contribution >= 0.6 is 0 Å². The number of hydrogen-bond acceptors (Lipinski definition) is 3. The first-order chi connectivity index (χ1) is 9.97. The summed E-state index contributed by atoms with van der Waals surface area (Å²) in [7, 11) is 0. The average molecular weight is 288 g/mol. The van der Waals surface area contributed by atoms with Crippen molar-refractivity contribution in [2.45, 2.75) is 26.3 Å². The molecular formula is C16H17FN2O2. The van der Waals surface area contributed by atoms with Gasteiger partial charge in [0.2, 0.25) is 5.82 Å². The normalized spacial score (nSPS) is 10.7. The molecule has 0 saturated heterocycles. The number of nitrogens with zero attached hydrogens (tertiary/aromatic N) is 1. The third-order valence-electron chi connectivity index (χ3n) is 3.29. The standard InChI is InChI=1S/C16H17FN2O2/c1-11(2)13-5-3-12(4-6-13)10-18-14-7-8-15(17)16(9-14)19(20)21/h3-9,11,18H,10H2,1-2H3. The molecule has 2 aromatic rings. The van der Waals surface area contributed by atoms with Crippen LogP contribution in [0, 0.1) is 15.9 Å². The van der Waals surface area contributed by atoms with Crippen molar-refractivity contribution in [2.24, 2.45) is 0 Å². The molecule has 2 rings (SSSR count). The van der Waals surface area contributed by atoms with Crippen molar-refractivity contribution in [3.63, 3.8) is 0 Å². The SMILES string of the molecule is CC(C)c1ccc(CNc2ccc(F)c([N+](=O)[O-])c2)cc1. The minimum absolute atomic E-state index is 0.478. The first-order valence-electron chi connectivity index (χ1n) is 6.74. The Balaban J connectivity index is 2.06. The van der Waals surface area contributed by atoms with Gasteiger partial charge >= 0.3 is 5.69 Å². The van der Waals surface area contributed by atoms with E-state index in [-0.39, 0.29) is 0 Å². The van der Waals surface area contributed by atoms with Crippen LogP contribution in [0.5, 0.6) is 0 Å². The fourth-order valence-electron chi connectivity index (χ4n) is 1.99. The molecule has 0 radical (unpaired) electrons. The lowest BCUT2D eigenvalue weighted by atomic mass is 10.0. The molecule has 110 valence electrons. The number of nitro groups is 1. The molecule has 0 aromatic heterocycles. The second-order valence-electron chi connectivity index (χ2n) is 5.17. The summed E-state index contributed by atoms with van der Waals surface area (Å²) in [5, 5.41) is 13.7. The maximum atomic E-state index is 13.2. The van der Waals surface area contributed by atoms with Gasteiger partial charge in [0.25, 0.3) is 0 Å². The van der Waals surface area contributed by atoms with Gasteiger partial charge in [-0.15, -0.1) is 0 Å². The van der Waals surface area contributed by atoms with Crippen LogP contribution in [0.4, 0.5) is 15.8 Å². The van der Waals surface area contributed by atoms with E-state index in [4.69, 9.17) is 0 Å². The molecule has 0 heterocycles. The van der Waals surface area contributed by atoms with Crippen LogP contribution in [-0.4, -0.2) is 4.92 Å². The van der Waals surface area contributed by atoms with E-state index in [1.165, 1.54) is 17.7 Å². The number of benzene rings is 2. The third kappa shape index (κ3) is 3.78. The predicted octanol–water partition coefficient (Wildman–Crippen LogP) is 4.47. The van der Waals surface area contributed by atoms with Crippen LogP contribution in [0.15, 0.2) is 42.5 Å². The van der Waals surface area contributed by atoms with Gasteiger partial charge in [-0.1, -0.05) is 38.1 Å². The van der Waals surface area contributed by atoms with Crippen molar-refractivity contribution in [3.8, 4) is 0 Å². The number of nitro benzene ring substituents is 1. The molecule has 0 aliphatic heterocycles. The largest absolute Gasteiger partial charge is 0.381 e. The highest BCUT2D eigenvalue weighted by Crippen LogP contribution is 2.22. The Morgan fingerprint density at radius 2 is 1.86 bits per heavy atom. The van der Waals surface area contributed by atoms with Crippen LogP contribution in [0.1, 0.15) is 30.9 Å². The smallest absolute Gasteiger partial charge is 0.306 e. The van der Waals surface area contributed by atoms with Gasteiger partial charge in [-0.2, -0.15) is 4.39 Å². The van der Waals surface area contributed by atoms with Crippen molar-refractivity contribution in [3.05, 3.63) is 69.5 Å². The molecule has 4 nitrogen and oxygen atoms in total. The molecule has 0 amide bonds. The summed E-state index contributed by atoms with van der Waals surface area (Å²) in [6.45, 7) is 4.79. The topological polar surface area (TPSA) is 55.2 Å². The van der Waals surface area contributed by atoms with E-state index in [0.717, 1.165) is 11.6 Å². The number of anilines is 1. The Morgan fingerprint density at radius 1 is 1.19 bits per heavy atom. The highest BCUT2D eigenvalue weighted by Gasteiger charge is 2.14. The Bertz CT molecular complexity index is 639. The Morgan fingerprint density at radius 3 is 2.43 bits per heavy atom. The molecule has 2 aromatic carbocycles. The highest BCUT2D eigenvalue weighted by molar-refractivity contribution is 5.52. The number of rotatable bonds is 5. The van der Waals surface area contributed by atoms with Gasteiger partial charge in [-0.05, 0) is 29.2 Å². The van der Waals surface area contributed by atoms with Gasteiger partial charge in [0.05, 0.1) is 4.92 Å². The van der Waals surface area contributed by atoms with E-state index < -0.39 is 16.4 Å². The zero-order valence-electron chi connectivity index (χ0n) is 12.0. The van der Waals surface area contributed by atoms with Gasteiger partial charge in [-0.25, -0.2) is 0 Å². The molecule has 21 heavy (non-hydrogen) atoms. The van der Waals surface area contributed by atoms with E-state index in [1.54, 1.807) is 0 Å². The summed E-state index contributed by atoms with van der Waals surface area (Å²) in [6.07, 6.45) is 0. The molecule has 0 aliphatic carbocycles. The van der Waals surface area contributed by atoms with Crippen molar-refractivity contribution >= 4 is 11.4 Å². The van der Waals surface area contributed by atoms with E-state index in [9.17, 15) is 14.5 Å². The van der Waals surface area contributed by atoms with Crippen LogP contribution < -0.4 is 5.32 Å². The molecule has 0 bridgehead atoms. The molecular weight excluding hydrogens is 271 g/mol. The summed E-state index contributed by atoms with van der Waals surface area (Å²) in [5.41, 5.74) is 2.33. The quantitative estimate of drug-likeness (QED) is 0.652. The zero-order valence-corrected chi connectivity index (χ0v) is 12.0. The molecule has 0 fully saturated rings. The Hall–Kier alpha value is -2.43. The van der Waals surface area contributed by atoms with E-state index in [1.807, 2.05) is 12.1 Å². The lowest BCUT2D eigenvalue weighted by molar-refractivity contribution is -0.387. The summed E-state index contributed by atoms with van der Waals surface area (Å²) in [5.74, 6) is -0.349. The van der Waals surface area contributed by atoms with E-state index in [0.29, 0.717) is 18.2 Å². The highest BCUT2D eigenvalue weighted by atomic mass is 19.1. The number of halogens is 1. The van der Waals surface area contributed by atoms with Crippen molar-refractivity contribution in [1.82, 2.24) is 0 Å². The van der Waals surface area contributed by atoms with Crippen molar-refractivity contribution < 1.29 is 9.31 Å². The van der Waals surface area contributed by atoms with Gasteiger partial charge in [0, 0.05) is 18.3 Å². The number of nitrogens with one attached hydrogen (secondary N) is 1. The monoisotopic (exact) mass is 288 g/mol. The lowest BCUT2D eigenvalue weighted by Gasteiger charge is -2.09. The molecule has 0 atom stereocenters. The maximum Gasteiger partial charge on any atom is 0.306 e. The fraction of sp³-hybridized carbons (Fsp3) is 0.250. The van der Waals surface area contributed by atoms with Crippen molar-refractivity contribution in [1.29, 1.82) is 0 Å². The predicted molar refractivity (Wildman–Crippen MR) is 80.9 cm³/mol. The zero-order chi connectivity index (χ0) is 15.4. The lowest BCUT2D eigenvalue weighted by Crippen LogP contribution is -2.01. The summed E-state index contributed by atoms with van der Waals surface area (Å²) >= 11 is 0. The van der Waals surface area contributed by atoms with E-state index in [2.05, 4.69) is 31.3 Å². The second-order valence-corrected chi connectivity index (χ2v) is 5.17. The van der Waals surface area contributed by atoms with E-state index >= 15 is 0 Å². The minimum Gasteiger partial charge on any atom is -0.381 e. The van der Waals surface area contributed by atoms with Gasteiger partial charge in [0.15, 0.2) is 0 Å². The van der Waals surface area contributed by atoms with Crippen LogP contribution in [0.25, 0.3) is 0 Å². The minimum atomic E-state index is -0.827. The summed E-state index contributed by atoms with van der Waals surface area (Å²) in [6, 6.07) is 12.0. The first-order valence-corrected chi connectivity index (χ1v) is 6.74. The summed E-state index contributed by atoms with van der Waals surface area (Å²) in [4.78, 5) is 9.96. The average Bonchev–Trinajstić information content (AvgIpc) is 2.46. The fourth-order valence-corrected chi connectivity index (χ4v) is 1.99. The number of hydrogen-bond donors (Lipinski definition) is 1. The molecule has 0 spiro atoms. The third-order valence-corrected chi connectivity index (χ3v) is 3.29. The Labute approximate surface area is 122 Å². The second kappa shape index (κ2) is 6.35. The molecule has 1 N–H and O–H groups in total. The van der Waals surface area contributed by atoms with Crippen LogP contribution in [0.2, 0.25) is 0 Å². The summed E-state index contributed by atoms with van der Waals surface area (Å²) < 4.78 is 13.2. The molecule has 0 unspecified atom stereocenters.